The second-order valence-electron chi connectivity index (χ2n) is 12.4. The van der Waals surface area contributed by atoms with Crippen LogP contribution in [-0.4, -0.2) is 67.1 Å². The van der Waals surface area contributed by atoms with Crippen LogP contribution in [0.2, 0.25) is 0 Å². The molecule has 0 bridgehead atoms. The van der Waals surface area contributed by atoms with Crippen LogP contribution in [0.25, 0.3) is 0 Å². The average Bonchev–Trinajstić information content (AvgIpc) is 2.79. The van der Waals surface area contributed by atoms with Crippen LogP contribution in [0.15, 0.2) is 34.9 Å². The van der Waals surface area contributed by atoms with Gasteiger partial charge in [-0.05, 0) is 57.3 Å². The van der Waals surface area contributed by atoms with E-state index in [1.54, 1.807) is 19.9 Å². The molecule has 2 aliphatic rings. The van der Waals surface area contributed by atoms with E-state index in [2.05, 4.69) is 6.08 Å². The zero-order valence-corrected chi connectivity index (χ0v) is 23.8. The molecule has 0 saturated heterocycles. The summed E-state index contributed by atoms with van der Waals surface area (Å²) in [5.74, 6) is -2.08. The zero-order valence-electron chi connectivity index (χ0n) is 23.8. The third-order valence-electron chi connectivity index (χ3n) is 9.23. The maximum atomic E-state index is 11.8. The van der Waals surface area contributed by atoms with E-state index in [9.17, 15) is 35.4 Å². The maximum Gasteiger partial charge on any atom is 0.330 e. The van der Waals surface area contributed by atoms with Crippen molar-refractivity contribution in [2.45, 2.75) is 105 Å². The molecule has 2 aliphatic carbocycles. The first kappa shape index (κ1) is 31.7. The number of rotatable bonds is 10. The van der Waals surface area contributed by atoms with Gasteiger partial charge in [-0.15, -0.1) is 0 Å². The largest absolute Gasteiger partial charge is 0.478 e. The highest BCUT2D eigenvalue weighted by molar-refractivity contribution is 5.85. The first-order chi connectivity index (χ1) is 17.0. The minimum Gasteiger partial charge on any atom is -0.478 e. The van der Waals surface area contributed by atoms with E-state index in [-0.39, 0.29) is 53.9 Å². The summed E-state index contributed by atoms with van der Waals surface area (Å²) in [4.78, 5) is 11.8. The molecule has 0 aromatic heterocycles. The summed E-state index contributed by atoms with van der Waals surface area (Å²) in [6.07, 6.45) is 2.86. The minimum atomic E-state index is -0.999. The maximum absolute atomic E-state index is 11.8. The van der Waals surface area contributed by atoms with E-state index >= 15 is 0 Å². The van der Waals surface area contributed by atoms with E-state index in [1.165, 1.54) is 0 Å². The second-order valence-corrected chi connectivity index (χ2v) is 12.4. The van der Waals surface area contributed by atoms with E-state index in [0.29, 0.717) is 6.42 Å². The van der Waals surface area contributed by atoms with Crippen LogP contribution in [-0.2, 0) is 4.79 Å². The minimum absolute atomic E-state index is 0.00847. The molecular weight excluding hydrogens is 472 g/mol. The van der Waals surface area contributed by atoms with E-state index in [4.69, 9.17) is 0 Å². The Bertz CT molecular complexity index is 890. The Morgan fingerprint density at radius 3 is 2.30 bits per heavy atom. The number of carbonyl (C=O) groups is 1. The number of aliphatic hydroxyl groups is 5. The van der Waals surface area contributed by atoms with E-state index < -0.39 is 41.9 Å². The molecule has 0 amide bonds. The van der Waals surface area contributed by atoms with Gasteiger partial charge in [0.2, 0.25) is 0 Å². The van der Waals surface area contributed by atoms with Crippen molar-refractivity contribution in [1.82, 2.24) is 0 Å². The fourth-order valence-corrected chi connectivity index (χ4v) is 6.87. The summed E-state index contributed by atoms with van der Waals surface area (Å²) in [6.45, 7) is 15.1. The number of aliphatic carboxylic acids is 1. The van der Waals surface area contributed by atoms with Crippen molar-refractivity contribution in [2.75, 3.05) is 0 Å². The van der Waals surface area contributed by atoms with Gasteiger partial charge >= 0.3 is 5.97 Å². The van der Waals surface area contributed by atoms with Gasteiger partial charge in [-0.1, -0.05) is 64.0 Å². The van der Waals surface area contributed by atoms with Gasteiger partial charge in [-0.2, -0.15) is 0 Å². The van der Waals surface area contributed by atoms with Gasteiger partial charge in [0.1, 0.15) is 0 Å². The smallest absolute Gasteiger partial charge is 0.330 e. The Morgan fingerprint density at radius 2 is 1.76 bits per heavy atom. The molecule has 0 aromatic rings. The number of carboxylic acid groups (broad SMARTS) is 1. The number of carboxylic acids is 1. The molecule has 212 valence electrons. The molecule has 7 heteroatoms. The lowest BCUT2D eigenvalue weighted by atomic mass is 9.50. The number of fused-ring (bicyclic) bond motifs is 1. The molecule has 6 N–H and O–H groups in total. The molecule has 0 radical (unpaired) electrons. The normalized spacial score (nSPS) is 36.4. The van der Waals surface area contributed by atoms with Crippen molar-refractivity contribution in [3.05, 3.63) is 34.9 Å². The second kappa shape index (κ2) is 12.6. The number of hydrogen-bond donors (Lipinski definition) is 6. The SMILES string of the molecule is CC(=CC[C@H](O)C[C@@H](O)[C@H](C)[C@@H](O)C(C)C)[C@@H]1C(C)=C[C@@]2(C)[C@H]([C@@H](C)[C@H](O)C[C@H]2O)[C@H]1/C=C(\C)C(=O)O. The van der Waals surface area contributed by atoms with Crippen LogP contribution in [0.1, 0.15) is 74.7 Å². The Hall–Kier alpha value is -1.51. The number of allylic oxidation sites excluding steroid dienone is 3. The summed E-state index contributed by atoms with van der Waals surface area (Å²) < 4.78 is 0. The molecule has 0 unspecified atom stereocenters. The molecule has 11 atom stereocenters. The first-order valence-corrected chi connectivity index (χ1v) is 13.7. The summed E-state index contributed by atoms with van der Waals surface area (Å²) in [5, 5.41) is 62.8. The third-order valence-corrected chi connectivity index (χ3v) is 9.23. The van der Waals surface area contributed by atoms with Crippen molar-refractivity contribution in [3.8, 4) is 0 Å². The summed E-state index contributed by atoms with van der Waals surface area (Å²) >= 11 is 0. The topological polar surface area (TPSA) is 138 Å². The Morgan fingerprint density at radius 1 is 1.16 bits per heavy atom. The summed E-state index contributed by atoms with van der Waals surface area (Å²) in [5.41, 5.74) is 1.62. The predicted molar refractivity (Wildman–Crippen MR) is 145 cm³/mol. The van der Waals surface area contributed by atoms with Crippen LogP contribution in [0.3, 0.4) is 0 Å². The van der Waals surface area contributed by atoms with Crippen molar-refractivity contribution in [2.24, 2.45) is 40.9 Å². The molecule has 0 aliphatic heterocycles. The van der Waals surface area contributed by atoms with Crippen LogP contribution >= 0.6 is 0 Å². The van der Waals surface area contributed by atoms with Crippen molar-refractivity contribution in [1.29, 1.82) is 0 Å². The number of hydrogen-bond acceptors (Lipinski definition) is 6. The molecule has 0 aromatic carbocycles. The van der Waals surface area contributed by atoms with Gasteiger partial charge in [0, 0.05) is 29.2 Å². The molecule has 1 saturated carbocycles. The van der Waals surface area contributed by atoms with E-state index in [1.807, 2.05) is 47.6 Å². The molecule has 2 rings (SSSR count). The third kappa shape index (κ3) is 6.93. The standard InChI is InChI=1S/C30H50O7/c1-15(2)28(35)20(7)23(32)12-21(31)10-9-16(3)26-18(5)14-30(8)25(34)13-24(33)19(6)27(30)22(26)11-17(4)29(36)37/h9,11,14-15,19-28,31-35H,10,12-13H2,1-8H3,(H,36,37)/b16-9?,17-11+/t19-,20-,21-,22-,23+,24+,25+,26+,27+,28-,30+/m0/s1. The highest BCUT2D eigenvalue weighted by Crippen LogP contribution is 2.57. The lowest BCUT2D eigenvalue weighted by molar-refractivity contribution is -0.132. The van der Waals surface area contributed by atoms with Gasteiger partial charge in [0.25, 0.3) is 0 Å². The first-order valence-electron chi connectivity index (χ1n) is 13.7. The molecule has 0 spiro atoms. The molecule has 1 fully saturated rings. The van der Waals surface area contributed by atoms with Crippen molar-refractivity contribution < 1.29 is 35.4 Å². The van der Waals surface area contributed by atoms with Crippen LogP contribution in [0.5, 0.6) is 0 Å². The fraction of sp³-hybridized carbons (Fsp3) is 0.767. The lowest BCUT2D eigenvalue weighted by Gasteiger charge is -2.56. The van der Waals surface area contributed by atoms with Gasteiger partial charge < -0.3 is 30.6 Å². The predicted octanol–water partition coefficient (Wildman–Crippen LogP) is 3.70. The zero-order chi connectivity index (χ0) is 28.4. The Labute approximate surface area is 222 Å². The summed E-state index contributed by atoms with van der Waals surface area (Å²) in [6, 6.07) is 0. The fourth-order valence-electron chi connectivity index (χ4n) is 6.87. The molecule has 37 heavy (non-hydrogen) atoms. The molecule has 7 nitrogen and oxygen atoms in total. The summed E-state index contributed by atoms with van der Waals surface area (Å²) in [7, 11) is 0. The average molecular weight is 523 g/mol. The van der Waals surface area contributed by atoms with E-state index in [0.717, 1.165) is 11.1 Å². The lowest BCUT2D eigenvalue weighted by Crippen LogP contribution is -2.56. The Kier molecular flexibility index (Phi) is 10.8. The van der Waals surface area contributed by atoms with Gasteiger partial charge in [-0.25, -0.2) is 4.79 Å². The van der Waals surface area contributed by atoms with Crippen LogP contribution in [0, 0.1) is 40.9 Å². The quantitative estimate of drug-likeness (QED) is 0.190. The molecular formula is C30H50O7. The van der Waals surface area contributed by atoms with Crippen molar-refractivity contribution >= 4 is 5.97 Å². The van der Waals surface area contributed by atoms with Crippen LogP contribution < -0.4 is 0 Å². The molecule has 0 heterocycles. The number of aliphatic hydroxyl groups excluding tert-OH is 5. The van der Waals surface area contributed by atoms with Crippen LogP contribution in [0.4, 0.5) is 0 Å². The Balaban J connectivity index is 2.37. The highest BCUT2D eigenvalue weighted by Gasteiger charge is 2.55. The highest BCUT2D eigenvalue weighted by atomic mass is 16.4. The van der Waals surface area contributed by atoms with Gasteiger partial charge in [0.15, 0.2) is 0 Å². The van der Waals surface area contributed by atoms with Gasteiger partial charge in [0.05, 0.1) is 30.5 Å². The van der Waals surface area contributed by atoms with Crippen molar-refractivity contribution in [3.63, 3.8) is 0 Å². The van der Waals surface area contributed by atoms with Gasteiger partial charge in [-0.3, -0.25) is 0 Å². The monoisotopic (exact) mass is 522 g/mol.